The number of hydrogen-bond acceptors (Lipinski definition) is 13. The molecule has 0 radical (unpaired) electrons. The maximum atomic E-state index is 13.8. The zero-order valence-electron chi connectivity index (χ0n) is 42.3. The highest BCUT2D eigenvalue weighted by Gasteiger charge is 2.65. The fourth-order valence-electron chi connectivity index (χ4n) is 12.3. The van der Waals surface area contributed by atoms with Crippen LogP contribution in [0.3, 0.4) is 0 Å². The van der Waals surface area contributed by atoms with Crippen LogP contribution in [0, 0.1) is 11.8 Å². The molecule has 10 rings (SSSR count). The number of β-amino-alcohol motifs (C(OH)–C–C–N with tert-alkyl or cyclic N) is 1. The van der Waals surface area contributed by atoms with Crippen LogP contribution in [0.2, 0.25) is 0 Å². The molecule has 1 aromatic heterocycles. The summed E-state index contributed by atoms with van der Waals surface area (Å²) in [6, 6.07) is 24.9. The summed E-state index contributed by atoms with van der Waals surface area (Å²) in [4.78, 5) is 61.6. The summed E-state index contributed by atoms with van der Waals surface area (Å²) in [6.07, 6.45) is 8.57. The normalized spacial score (nSPS) is 26.9. The number of aromatic nitrogens is 1. The highest BCUT2D eigenvalue weighted by Crippen LogP contribution is 2.62. The van der Waals surface area contributed by atoms with Gasteiger partial charge in [-0.25, -0.2) is 0 Å². The van der Waals surface area contributed by atoms with Crippen LogP contribution in [-0.4, -0.2) is 135 Å². The number of likely N-dealkylation sites (tertiary alicyclic amines) is 1. The van der Waals surface area contributed by atoms with Gasteiger partial charge in [-0.2, -0.15) is 0 Å². The van der Waals surface area contributed by atoms with Gasteiger partial charge in [0.05, 0.1) is 18.2 Å². The third-order valence-corrected chi connectivity index (χ3v) is 15.4. The molecule has 2 amide bonds. The average Bonchev–Trinajstić information content (AvgIpc) is 3.86. The minimum atomic E-state index is -0.833. The number of carbonyl (C=O) groups is 4. The van der Waals surface area contributed by atoms with Crippen molar-refractivity contribution in [2.45, 2.75) is 127 Å². The molecule has 0 saturated carbocycles. The maximum Gasteiger partial charge on any atom is 0.308 e. The summed E-state index contributed by atoms with van der Waals surface area (Å²) in [6.45, 7) is 12.5. The van der Waals surface area contributed by atoms with E-state index in [0.29, 0.717) is 50.0 Å². The number of benzene rings is 3. The van der Waals surface area contributed by atoms with Crippen LogP contribution in [0.1, 0.15) is 86.9 Å². The number of rotatable bonds is 13. The van der Waals surface area contributed by atoms with E-state index in [-0.39, 0.29) is 54.2 Å². The van der Waals surface area contributed by atoms with Crippen molar-refractivity contribution in [3.05, 3.63) is 137 Å². The minimum absolute atomic E-state index is 0.0712. The second kappa shape index (κ2) is 21.2. The molecule has 1 spiro atoms. The number of fused-ring (bicyclic) bond motifs is 1. The topological polar surface area (TPSA) is 183 Å². The zero-order chi connectivity index (χ0) is 50.9. The number of nitrogens with one attached hydrogen (secondary N) is 2. The van der Waals surface area contributed by atoms with Crippen molar-refractivity contribution in [2.24, 2.45) is 11.8 Å². The van der Waals surface area contributed by atoms with E-state index >= 15 is 0 Å². The molecule has 15 heteroatoms. The minimum Gasteiger partial charge on any atom is -0.481 e. The predicted octanol–water partition coefficient (Wildman–Crippen LogP) is 4.86. The van der Waals surface area contributed by atoms with Crippen LogP contribution in [0.4, 0.5) is 0 Å². The lowest BCUT2D eigenvalue weighted by atomic mass is 9.53. The molecule has 4 N–H and O–H groups in total. The number of piperidine rings is 1. The number of esters is 2. The smallest absolute Gasteiger partial charge is 0.308 e. The number of carbonyl (C=O) groups excluding carboxylic acids is 4. The summed E-state index contributed by atoms with van der Waals surface area (Å²) in [5.74, 6) is -0.0694. The van der Waals surface area contributed by atoms with Gasteiger partial charge in [-0.05, 0) is 106 Å². The van der Waals surface area contributed by atoms with Gasteiger partial charge in [0.2, 0.25) is 11.8 Å². The standard InChI is InChI=1S/C36H47N5O4.C21H23NO5/c1-36(2,3)39-35(45)31-24-40(22-26-12-9-15-37-21-26)16-17-41(31)23-29(42)19-28(18-25-10-5-4-6-11-25)34(44)38-33-30-14-8-7-13-27(30)20-32(33)43;1-11(23)25-16-6-4-13-10-15-14-5-7-17(26-12(2)24)20-21(14,8-9-22(15)3)18(13)19(16)27-20/h4-15,21,28-29,31-33,42-43H,16-20,22-24H2,1-3H3,(H,38,44)(H,39,45);4-7,14-15,17,20H,8-10H2,1-3H3/t28-,29+,31+,32-,33+;14-,15+,17-,20-,21-/m10/s1. The van der Waals surface area contributed by atoms with Crippen molar-refractivity contribution in [2.75, 3.05) is 39.8 Å². The number of pyridine rings is 1. The third kappa shape index (κ3) is 10.9. The molecule has 3 aliphatic heterocycles. The largest absolute Gasteiger partial charge is 0.481 e. The first-order valence-corrected chi connectivity index (χ1v) is 25.5. The highest BCUT2D eigenvalue weighted by atomic mass is 16.6. The van der Waals surface area contributed by atoms with Gasteiger partial charge in [-0.3, -0.25) is 34.0 Å². The second-order valence-electron chi connectivity index (χ2n) is 21.7. The number of nitrogens with zero attached hydrogens (tertiary/aromatic N) is 4. The van der Waals surface area contributed by atoms with Gasteiger partial charge in [0.25, 0.3) is 0 Å². The van der Waals surface area contributed by atoms with Crippen LogP contribution in [0.15, 0.2) is 103 Å². The van der Waals surface area contributed by atoms with E-state index in [2.05, 4.69) is 49.5 Å². The fraction of sp³-hybridized carbons (Fsp3) is 0.491. The molecule has 382 valence electrons. The van der Waals surface area contributed by atoms with Crippen molar-refractivity contribution in [1.82, 2.24) is 30.3 Å². The molecule has 10 atom stereocenters. The van der Waals surface area contributed by atoms with Crippen molar-refractivity contribution < 1.29 is 43.6 Å². The van der Waals surface area contributed by atoms with Gasteiger partial charge in [0.15, 0.2) is 17.6 Å². The van der Waals surface area contributed by atoms with Gasteiger partial charge in [-0.15, -0.1) is 0 Å². The third-order valence-electron chi connectivity index (χ3n) is 15.4. The molecule has 2 fully saturated rings. The summed E-state index contributed by atoms with van der Waals surface area (Å²) >= 11 is 0. The lowest BCUT2D eigenvalue weighted by Gasteiger charge is -2.56. The second-order valence-corrected chi connectivity index (χ2v) is 21.7. The first kappa shape index (κ1) is 51.0. The molecule has 3 aliphatic carbocycles. The van der Waals surface area contributed by atoms with E-state index in [9.17, 15) is 29.4 Å². The molecule has 0 unspecified atom stereocenters. The number of aliphatic hydroxyl groups excluding tert-OH is 2. The molecule has 3 aromatic carbocycles. The average molecular weight is 983 g/mol. The Labute approximate surface area is 422 Å². The summed E-state index contributed by atoms with van der Waals surface area (Å²) in [5, 5.41) is 28.5. The maximum absolute atomic E-state index is 13.8. The Morgan fingerprint density at radius 1 is 0.903 bits per heavy atom. The number of ether oxygens (including phenoxy) is 3. The summed E-state index contributed by atoms with van der Waals surface area (Å²) in [5.41, 5.74) is 5.83. The van der Waals surface area contributed by atoms with Crippen molar-refractivity contribution in [3.8, 4) is 11.5 Å². The van der Waals surface area contributed by atoms with Gasteiger partial charge in [0, 0.05) is 99.8 Å². The van der Waals surface area contributed by atoms with Gasteiger partial charge < -0.3 is 40.0 Å². The van der Waals surface area contributed by atoms with Gasteiger partial charge >= 0.3 is 11.9 Å². The van der Waals surface area contributed by atoms with E-state index in [1.54, 1.807) is 6.20 Å². The van der Waals surface area contributed by atoms with E-state index in [0.717, 1.165) is 53.7 Å². The lowest BCUT2D eigenvalue weighted by Crippen LogP contribution is -2.65. The molecule has 4 aromatic rings. The molecular formula is C57H70N6O9. The van der Waals surface area contributed by atoms with Gasteiger partial charge in [-0.1, -0.05) is 72.8 Å². The SMILES string of the molecule is CC(=O)Oc1ccc2c3c1O[C@H]1[C@@H](OC(C)=O)C=C[C@H]4[C@@H](C2)N(C)CC[C@@]341.CC(C)(C)NC(=O)[C@@H]1CN(Cc2cccnc2)CCN1C[C@@H](O)C[C@@H](Cc1ccccc1)C(=O)N[C@H]1c2ccccc2C[C@H]1O. The van der Waals surface area contributed by atoms with Crippen LogP contribution >= 0.6 is 0 Å². The van der Waals surface area contributed by atoms with E-state index in [4.69, 9.17) is 14.2 Å². The molecule has 2 bridgehead atoms. The first-order valence-electron chi connectivity index (χ1n) is 25.5. The first-order chi connectivity index (χ1) is 34.5. The van der Waals surface area contributed by atoms with Crippen LogP contribution in [0.5, 0.6) is 11.5 Å². The van der Waals surface area contributed by atoms with Crippen LogP contribution < -0.4 is 20.1 Å². The predicted molar refractivity (Wildman–Crippen MR) is 271 cm³/mol. The van der Waals surface area contributed by atoms with Crippen molar-refractivity contribution in [1.29, 1.82) is 0 Å². The van der Waals surface area contributed by atoms with E-state index in [1.165, 1.54) is 19.4 Å². The monoisotopic (exact) mass is 983 g/mol. The molecule has 6 aliphatic rings. The Morgan fingerprint density at radius 2 is 1.67 bits per heavy atom. The molecule has 15 nitrogen and oxygen atoms in total. The van der Waals surface area contributed by atoms with E-state index in [1.807, 2.05) is 106 Å². The molecular weight excluding hydrogens is 913 g/mol. The number of likely N-dealkylation sites (N-methyl/N-ethyl adjacent to an activating group) is 1. The summed E-state index contributed by atoms with van der Waals surface area (Å²) in [7, 11) is 2.17. The van der Waals surface area contributed by atoms with Crippen LogP contribution in [0.25, 0.3) is 0 Å². The van der Waals surface area contributed by atoms with Crippen LogP contribution in [-0.2, 0) is 55.1 Å². The number of piperazine rings is 1. The Bertz CT molecular complexity index is 2640. The number of amides is 2. The Hall–Kier alpha value is -5.97. The molecule has 2 saturated heterocycles. The lowest BCUT2D eigenvalue weighted by molar-refractivity contribution is -0.152. The highest BCUT2D eigenvalue weighted by molar-refractivity contribution is 5.83. The zero-order valence-corrected chi connectivity index (χ0v) is 42.3. The molecule has 4 heterocycles. The summed E-state index contributed by atoms with van der Waals surface area (Å²) < 4.78 is 17.5. The van der Waals surface area contributed by atoms with E-state index < -0.39 is 41.9 Å². The molecule has 72 heavy (non-hydrogen) atoms. The van der Waals surface area contributed by atoms with Crippen molar-refractivity contribution in [3.63, 3.8) is 0 Å². The Morgan fingerprint density at radius 3 is 2.40 bits per heavy atom. The van der Waals surface area contributed by atoms with Crippen molar-refractivity contribution >= 4 is 23.8 Å². The Kier molecular flexibility index (Phi) is 15.0. The van der Waals surface area contributed by atoms with Gasteiger partial charge in [0.1, 0.15) is 12.1 Å². The quantitative estimate of drug-likeness (QED) is 0.0812. The Balaban J connectivity index is 0.000000200. The fourth-order valence-corrected chi connectivity index (χ4v) is 12.3. The number of hydrogen-bond donors (Lipinski definition) is 4. The number of aliphatic hydroxyl groups is 2.